The Balaban J connectivity index is 2.28. The smallest absolute Gasteiger partial charge is 0.392 e. The summed E-state index contributed by atoms with van der Waals surface area (Å²) in [6.45, 7) is -0.193. The molecule has 1 aliphatic rings. The number of alkyl halides is 6. The molecule has 1 fully saturated rings. The maximum atomic E-state index is 12.7. The fraction of sp³-hybridized carbons (Fsp3) is 0.700. The van der Waals surface area contributed by atoms with E-state index in [-0.39, 0.29) is 25.6 Å². The van der Waals surface area contributed by atoms with Gasteiger partial charge in [-0.15, -0.1) is 0 Å². The van der Waals surface area contributed by atoms with Gasteiger partial charge in [-0.1, -0.05) is 0 Å². The molecule has 2 atom stereocenters. The fourth-order valence-electron chi connectivity index (χ4n) is 2.07. The van der Waals surface area contributed by atoms with Crippen LogP contribution in [0.2, 0.25) is 0 Å². The molecule has 2 N–H and O–H groups in total. The number of rotatable bonds is 2. The van der Waals surface area contributed by atoms with Gasteiger partial charge in [0.05, 0.1) is 12.6 Å². The van der Waals surface area contributed by atoms with Crippen LogP contribution in [0.3, 0.4) is 0 Å². The Morgan fingerprint density at radius 2 is 1.90 bits per heavy atom. The van der Waals surface area contributed by atoms with Crippen LogP contribution in [0.5, 0.6) is 0 Å². The highest BCUT2D eigenvalue weighted by Crippen LogP contribution is 2.35. The first kappa shape index (κ1) is 15.1. The number of aliphatic hydroxyl groups excluding tert-OH is 1. The lowest BCUT2D eigenvalue weighted by Crippen LogP contribution is -2.29. The molecule has 1 saturated heterocycles. The second-order valence-electron chi connectivity index (χ2n) is 4.59. The molecule has 1 aromatic rings. The zero-order valence-corrected chi connectivity index (χ0v) is 9.96. The third-order valence-electron chi connectivity index (χ3n) is 2.95. The quantitative estimate of drug-likeness (QED) is 0.817. The van der Waals surface area contributed by atoms with Crippen LogP contribution in [-0.2, 0) is 18.9 Å². The van der Waals surface area contributed by atoms with Crippen LogP contribution in [0.15, 0.2) is 6.07 Å². The van der Waals surface area contributed by atoms with Crippen LogP contribution in [0, 0.1) is 0 Å². The van der Waals surface area contributed by atoms with Gasteiger partial charge in [-0.3, -0.25) is 4.68 Å². The van der Waals surface area contributed by atoms with Crippen LogP contribution < -0.4 is 5.32 Å². The zero-order valence-electron chi connectivity index (χ0n) is 9.96. The Hall–Kier alpha value is -1.29. The molecule has 0 spiro atoms. The Morgan fingerprint density at radius 3 is 2.35 bits per heavy atom. The van der Waals surface area contributed by atoms with E-state index in [2.05, 4.69) is 10.4 Å². The van der Waals surface area contributed by atoms with Gasteiger partial charge >= 0.3 is 12.4 Å². The van der Waals surface area contributed by atoms with Gasteiger partial charge in [-0.2, -0.15) is 31.4 Å². The summed E-state index contributed by atoms with van der Waals surface area (Å²) in [7, 11) is 0. The molecule has 0 aromatic carbocycles. The number of β-amino-alcohol motifs (C(OH)–C–C–N with tert-alkyl or cyclic N) is 1. The topological polar surface area (TPSA) is 50.1 Å². The van der Waals surface area contributed by atoms with Crippen LogP contribution in [-0.4, -0.2) is 33.6 Å². The van der Waals surface area contributed by atoms with Crippen LogP contribution in [0.1, 0.15) is 17.8 Å². The molecule has 2 rings (SSSR count). The molecule has 0 saturated carbocycles. The van der Waals surface area contributed by atoms with E-state index in [1.165, 1.54) is 0 Å². The molecule has 0 bridgehead atoms. The summed E-state index contributed by atoms with van der Waals surface area (Å²) < 4.78 is 75.7. The van der Waals surface area contributed by atoms with Gasteiger partial charge in [0, 0.05) is 18.7 Å². The summed E-state index contributed by atoms with van der Waals surface area (Å²) in [6.07, 6.45) is -10.4. The van der Waals surface area contributed by atoms with E-state index in [1.807, 2.05) is 0 Å². The molecule has 4 nitrogen and oxygen atoms in total. The summed E-state index contributed by atoms with van der Waals surface area (Å²) >= 11 is 0. The van der Waals surface area contributed by atoms with Gasteiger partial charge in [0.2, 0.25) is 0 Å². The molecule has 10 heteroatoms. The molecule has 114 valence electrons. The Labute approximate surface area is 109 Å². The number of aromatic nitrogens is 2. The van der Waals surface area contributed by atoms with E-state index in [0.29, 0.717) is 4.68 Å². The molecule has 20 heavy (non-hydrogen) atoms. The summed E-state index contributed by atoms with van der Waals surface area (Å²) in [6, 6.07) is -0.558. The molecule has 0 amide bonds. The third-order valence-corrected chi connectivity index (χ3v) is 2.95. The van der Waals surface area contributed by atoms with E-state index in [1.54, 1.807) is 0 Å². The second-order valence-corrected chi connectivity index (χ2v) is 4.59. The van der Waals surface area contributed by atoms with Crippen molar-refractivity contribution < 1.29 is 31.4 Å². The van der Waals surface area contributed by atoms with Crippen molar-refractivity contribution in [3.63, 3.8) is 0 Å². The first-order valence-electron chi connectivity index (χ1n) is 5.71. The van der Waals surface area contributed by atoms with Gasteiger partial charge < -0.3 is 10.4 Å². The highest BCUT2D eigenvalue weighted by atomic mass is 19.4. The highest BCUT2D eigenvalue weighted by Gasteiger charge is 2.42. The van der Waals surface area contributed by atoms with Crippen molar-refractivity contribution in [3.8, 4) is 0 Å². The van der Waals surface area contributed by atoms with E-state index in [0.717, 1.165) is 0 Å². The highest BCUT2D eigenvalue weighted by molar-refractivity contribution is 5.16. The third kappa shape index (κ3) is 3.23. The molecule has 2 heterocycles. The molecular weight excluding hydrogens is 292 g/mol. The number of hydrogen-bond donors (Lipinski definition) is 2. The number of nitrogens with one attached hydrogen (secondary N) is 1. The summed E-state index contributed by atoms with van der Waals surface area (Å²) in [4.78, 5) is 0. The van der Waals surface area contributed by atoms with Crippen molar-refractivity contribution in [1.82, 2.24) is 15.1 Å². The maximum Gasteiger partial charge on any atom is 0.435 e. The minimum atomic E-state index is -4.94. The predicted octanol–water partition coefficient (Wildman–Crippen LogP) is 1.64. The number of hydrogen-bond acceptors (Lipinski definition) is 3. The molecule has 0 radical (unpaired) electrons. The normalized spacial score (nSPS) is 24.4. The SMILES string of the molecule is O[C@H]1CN[C@@H](Cn2nc(C(F)(F)F)cc2C(F)(F)F)C1. The first-order chi connectivity index (χ1) is 9.07. The predicted molar refractivity (Wildman–Crippen MR) is 54.6 cm³/mol. The zero-order chi connectivity index (χ0) is 15.1. The van der Waals surface area contributed by atoms with Gasteiger partial charge in [0.25, 0.3) is 0 Å². The van der Waals surface area contributed by atoms with E-state index >= 15 is 0 Å². The van der Waals surface area contributed by atoms with Crippen LogP contribution in [0.4, 0.5) is 26.3 Å². The van der Waals surface area contributed by atoms with Crippen molar-refractivity contribution in [2.24, 2.45) is 0 Å². The average Bonchev–Trinajstić information content (AvgIpc) is 2.84. The van der Waals surface area contributed by atoms with Crippen LogP contribution >= 0.6 is 0 Å². The van der Waals surface area contributed by atoms with Crippen LogP contribution in [0.25, 0.3) is 0 Å². The summed E-state index contributed by atoms with van der Waals surface area (Å²) in [5.74, 6) is 0. The standard InChI is InChI=1S/C10H11F6N3O/c11-9(12,13)7-2-8(10(14,15)16)19(18-7)4-5-1-6(20)3-17-5/h2,5-6,17,20H,1,3-4H2/t5-,6-/m1/s1. The minimum Gasteiger partial charge on any atom is -0.392 e. The fourth-order valence-corrected chi connectivity index (χ4v) is 2.07. The van der Waals surface area contributed by atoms with E-state index in [4.69, 9.17) is 0 Å². The Kier molecular flexibility index (Phi) is 3.71. The average molecular weight is 303 g/mol. The number of halogens is 6. The van der Waals surface area contributed by atoms with E-state index in [9.17, 15) is 31.4 Å². The number of nitrogens with zero attached hydrogens (tertiary/aromatic N) is 2. The van der Waals surface area contributed by atoms with Crippen molar-refractivity contribution in [1.29, 1.82) is 0 Å². The van der Waals surface area contributed by atoms with Gasteiger partial charge in [-0.05, 0) is 6.42 Å². The Bertz CT molecular complexity index is 480. The first-order valence-corrected chi connectivity index (χ1v) is 5.71. The molecule has 1 aromatic heterocycles. The number of aliphatic hydroxyl groups is 1. The van der Waals surface area contributed by atoms with Gasteiger partial charge in [0.1, 0.15) is 5.69 Å². The van der Waals surface area contributed by atoms with E-state index < -0.39 is 35.9 Å². The lowest BCUT2D eigenvalue weighted by Gasteiger charge is -2.14. The molecule has 1 aliphatic heterocycles. The Morgan fingerprint density at radius 1 is 1.25 bits per heavy atom. The van der Waals surface area contributed by atoms with Gasteiger partial charge in [-0.25, -0.2) is 0 Å². The van der Waals surface area contributed by atoms with Crippen molar-refractivity contribution in [2.75, 3.05) is 6.54 Å². The minimum absolute atomic E-state index is 0.00855. The van der Waals surface area contributed by atoms with Gasteiger partial charge in [0.15, 0.2) is 5.69 Å². The lowest BCUT2D eigenvalue weighted by molar-refractivity contribution is -0.144. The molecular formula is C10H11F6N3O. The summed E-state index contributed by atoms with van der Waals surface area (Å²) in [5, 5.41) is 15.0. The summed E-state index contributed by atoms with van der Waals surface area (Å²) in [5.41, 5.74) is -3.03. The largest absolute Gasteiger partial charge is 0.435 e. The van der Waals surface area contributed by atoms with Crippen molar-refractivity contribution >= 4 is 0 Å². The molecule has 0 aliphatic carbocycles. The monoisotopic (exact) mass is 303 g/mol. The lowest BCUT2D eigenvalue weighted by atomic mass is 10.2. The maximum absolute atomic E-state index is 12.7. The van der Waals surface area contributed by atoms with Crippen molar-refractivity contribution in [2.45, 2.75) is 37.5 Å². The van der Waals surface area contributed by atoms with Crippen molar-refractivity contribution in [3.05, 3.63) is 17.5 Å². The molecule has 0 unspecified atom stereocenters. The second kappa shape index (κ2) is 4.92.